The SMILES string of the molecule is CC(C)c1cc(CO)cc(N2CC(C)(C)OC(C)(C)C2)n1. The van der Waals surface area contributed by atoms with Gasteiger partial charge >= 0.3 is 0 Å². The van der Waals surface area contributed by atoms with Crippen LogP contribution in [0.3, 0.4) is 0 Å². The van der Waals surface area contributed by atoms with Crippen molar-refractivity contribution in [1.29, 1.82) is 0 Å². The van der Waals surface area contributed by atoms with Crippen molar-refractivity contribution in [3.63, 3.8) is 0 Å². The zero-order valence-electron chi connectivity index (χ0n) is 14.1. The number of aliphatic hydroxyl groups is 1. The third kappa shape index (κ3) is 3.95. The molecule has 1 aliphatic rings. The van der Waals surface area contributed by atoms with Crippen molar-refractivity contribution in [3.05, 3.63) is 23.4 Å². The maximum atomic E-state index is 9.50. The summed E-state index contributed by atoms with van der Waals surface area (Å²) in [5.41, 5.74) is 1.53. The van der Waals surface area contributed by atoms with E-state index in [2.05, 4.69) is 46.4 Å². The molecule has 0 atom stereocenters. The van der Waals surface area contributed by atoms with Crippen LogP contribution in [0.1, 0.15) is 58.7 Å². The minimum absolute atomic E-state index is 0.0480. The van der Waals surface area contributed by atoms with E-state index in [1.165, 1.54) is 0 Å². The third-order valence-electron chi connectivity index (χ3n) is 3.69. The lowest BCUT2D eigenvalue weighted by Crippen LogP contribution is -2.57. The molecule has 1 saturated heterocycles. The molecule has 0 amide bonds. The first-order valence-electron chi connectivity index (χ1n) is 7.69. The Morgan fingerprint density at radius 3 is 2.24 bits per heavy atom. The summed E-state index contributed by atoms with van der Waals surface area (Å²) in [6.45, 7) is 14.3. The average molecular weight is 292 g/mol. The van der Waals surface area contributed by atoms with Gasteiger partial charge in [0.2, 0.25) is 0 Å². The molecule has 2 heterocycles. The Labute approximate surface area is 128 Å². The van der Waals surface area contributed by atoms with Gasteiger partial charge in [0.25, 0.3) is 0 Å². The van der Waals surface area contributed by atoms with Gasteiger partial charge in [-0.15, -0.1) is 0 Å². The molecule has 118 valence electrons. The van der Waals surface area contributed by atoms with Gasteiger partial charge < -0.3 is 14.7 Å². The lowest BCUT2D eigenvalue weighted by molar-refractivity contribution is -0.133. The van der Waals surface area contributed by atoms with Crippen molar-refractivity contribution in [2.75, 3.05) is 18.0 Å². The van der Waals surface area contributed by atoms with Crippen LogP contribution in [-0.4, -0.2) is 34.4 Å². The highest BCUT2D eigenvalue weighted by molar-refractivity contribution is 5.44. The number of rotatable bonds is 3. The molecular weight excluding hydrogens is 264 g/mol. The lowest BCUT2D eigenvalue weighted by atomic mass is 9.98. The second-order valence-electron chi connectivity index (χ2n) is 7.55. The van der Waals surface area contributed by atoms with Crippen LogP contribution in [-0.2, 0) is 11.3 Å². The first-order chi connectivity index (χ1) is 9.62. The average Bonchev–Trinajstić information content (AvgIpc) is 2.34. The molecule has 1 aromatic rings. The van der Waals surface area contributed by atoms with Crippen molar-refractivity contribution in [1.82, 2.24) is 4.98 Å². The van der Waals surface area contributed by atoms with Crippen molar-refractivity contribution in [3.8, 4) is 0 Å². The normalized spacial score (nSPS) is 20.9. The van der Waals surface area contributed by atoms with Crippen LogP contribution < -0.4 is 4.90 Å². The standard InChI is InChI=1S/C17H28N2O2/c1-12(2)14-7-13(9-20)8-15(18-14)19-10-16(3,4)21-17(5,6)11-19/h7-8,12,20H,9-11H2,1-6H3. The Morgan fingerprint density at radius 2 is 1.76 bits per heavy atom. The maximum absolute atomic E-state index is 9.50. The van der Waals surface area contributed by atoms with Gasteiger partial charge in [-0.1, -0.05) is 13.8 Å². The first-order valence-corrected chi connectivity index (χ1v) is 7.69. The van der Waals surface area contributed by atoms with E-state index in [4.69, 9.17) is 9.72 Å². The molecule has 1 N–H and O–H groups in total. The van der Waals surface area contributed by atoms with Gasteiger partial charge in [-0.3, -0.25) is 0 Å². The second-order valence-corrected chi connectivity index (χ2v) is 7.55. The molecule has 21 heavy (non-hydrogen) atoms. The van der Waals surface area contributed by atoms with Crippen molar-refractivity contribution < 1.29 is 9.84 Å². The molecule has 0 aromatic carbocycles. The van der Waals surface area contributed by atoms with E-state index in [0.717, 1.165) is 30.2 Å². The second kappa shape index (κ2) is 5.58. The molecule has 4 heteroatoms. The van der Waals surface area contributed by atoms with Crippen LogP contribution >= 0.6 is 0 Å². The minimum atomic E-state index is -0.212. The summed E-state index contributed by atoms with van der Waals surface area (Å²) in [5, 5.41) is 9.50. The molecule has 0 spiro atoms. The smallest absolute Gasteiger partial charge is 0.129 e. The molecule has 2 rings (SSSR count). The van der Waals surface area contributed by atoms with Crippen LogP contribution in [0.4, 0.5) is 5.82 Å². The Balaban J connectivity index is 2.38. The van der Waals surface area contributed by atoms with Crippen molar-refractivity contribution in [2.24, 2.45) is 0 Å². The number of anilines is 1. The summed E-state index contributed by atoms with van der Waals surface area (Å²) < 4.78 is 6.13. The summed E-state index contributed by atoms with van der Waals surface area (Å²) in [5.74, 6) is 1.28. The zero-order valence-corrected chi connectivity index (χ0v) is 14.1. The molecule has 0 saturated carbocycles. The summed E-state index contributed by atoms with van der Waals surface area (Å²) in [6, 6.07) is 3.98. The third-order valence-corrected chi connectivity index (χ3v) is 3.69. The number of pyridine rings is 1. The number of morpholine rings is 1. The first kappa shape index (κ1) is 16.2. The molecule has 0 aliphatic carbocycles. The van der Waals surface area contributed by atoms with Gasteiger partial charge in [0.15, 0.2) is 0 Å². The zero-order chi connectivity index (χ0) is 15.8. The summed E-state index contributed by atoms with van der Waals surface area (Å²) in [7, 11) is 0. The number of hydrogen-bond acceptors (Lipinski definition) is 4. The van der Waals surface area contributed by atoms with E-state index in [-0.39, 0.29) is 17.8 Å². The predicted octanol–water partition coefficient (Wildman–Crippen LogP) is 3.09. The molecule has 1 fully saturated rings. The predicted molar refractivity (Wildman–Crippen MR) is 85.7 cm³/mol. The van der Waals surface area contributed by atoms with Gasteiger partial charge in [-0.25, -0.2) is 4.98 Å². The topological polar surface area (TPSA) is 45.6 Å². The summed E-state index contributed by atoms with van der Waals surface area (Å²) >= 11 is 0. The van der Waals surface area contributed by atoms with E-state index >= 15 is 0 Å². The van der Waals surface area contributed by atoms with Gasteiger partial charge in [-0.2, -0.15) is 0 Å². The number of ether oxygens (including phenoxy) is 1. The number of aliphatic hydroxyl groups excluding tert-OH is 1. The Kier molecular flexibility index (Phi) is 4.31. The van der Waals surface area contributed by atoms with Gasteiger partial charge in [-0.05, 0) is 51.3 Å². The maximum Gasteiger partial charge on any atom is 0.129 e. The minimum Gasteiger partial charge on any atom is -0.392 e. The van der Waals surface area contributed by atoms with Crippen LogP contribution in [0, 0.1) is 0 Å². The monoisotopic (exact) mass is 292 g/mol. The number of hydrogen-bond donors (Lipinski definition) is 1. The highest BCUT2D eigenvalue weighted by Crippen LogP contribution is 2.31. The molecular formula is C17H28N2O2. The van der Waals surface area contributed by atoms with E-state index in [0.29, 0.717) is 5.92 Å². The van der Waals surface area contributed by atoms with Gasteiger partial charge in [0.05, 0.1) is 17.8 Å². The quantitative estimate of drug-likeness (QED) is 0.930. The molecule has 0 bridgehead atoms. The fourth-order valence-electron chi connectivity index (χ4n) is 3.09. The Bertz CT molecular complexity index is 494. The highest BCUT2D eigenvalue weighted by Gasteiger charge is 2.38. The number of nitrogens with zero attached hydrogens (tertiary/aromatic N) is 2. The van der Waals surface area contributed by atoms with E-state index in [9.17, 15) is 5.11 Å². The summed E-state index contributed by atoms with van der Waals surface area (Å²) in [4.78, 5) is 7.07. The van der Waals surface area contributed by atoms with E-state index in [1.807, 2.05) is 12.1 Å². The van der Waals surface area contributed by atoms with E-state index < -0.39 is 0 Å². The Hall–Kier alpha value is -1.13. The molecule has 1 aliphatic heterocycles. The lowest BCUT2D eigenvalue weighted by Gasteiger charge is -2.47. The van der Waals surface area contributed by atoms with Crippen molar-refractivity contribution >= 4 is 5.82 Å². The number of aromatic nitrogens is 1. The van der Waals surface area contributed by atoms with Crippen LogP contribution in [0.25, 0.3) is 0 Å². The van der Waals surface area contributed by atoms with Gasteiger partial charge in [0, 0.05) is 18.8 Å². The van der Waals surface area contributed by atoms with Gasteiger partial charge in [0.1, 0.15) is 5.82 Å². The van der Waals surface area contributed by atoms with Crippen LogP contribution in [0.5, 0.6) is 0 Å². The van der Waals surface area contributed by atoms with E-state index in [1.54, 1.807) is 0 Å². The molecule has 0 radical (unpaired) electrons. The fourth-order valence-corrected chi connectivity index (χ4v) is 3.09. The largest absolute Gasteiger partial charge is 0.392 e. The molecule has 1 aromatic heterocycles. The highest BCUT2D eigenvalue weighted by atomic mass is 16.5. The van der Waals surface area contributed by atoms with Crippen molar-refractivity contribution in [2.45, 2.75) is 65.3 Å². The Morgan fingerprint density at radius 1 is 1.19 bits per heavy atom. The fraction of sp³-hybridized carbons (Fsp3) is 0.706. The molecule has 0 unspecified atom stereocenters. The molecule has 4 nitrogen and oxygen atoms in total. The summed E-state index contributed by atoms with van der Waals surface area (Å²) in [6.07, 6.45) is 0. The van der Waals surface area contributed by atoms with Crippen LogP contribution in [0.15, 0.2) is 12.1 Å². The van der Waals surface area contributed by atoms with Crippen LogP contribution in [0.2, 0.25) is 0 Å².